The maximum atomic E-state index is 2.41. The van der Waals surface area contributed by atoms with E-state index in [1.807, 2.05) is 0 Å². The van der Waals surface area contributed by atoms with Gasteiger partial charge in [-0.25, -0.2) is 0 Å². The Morgan fingerprint density at radius 2 is 0.759 bits per heavy atom. The molecule has 0 saturated carbocycles. The number of hydrogen-bond donors (Lipinski definition) is 0. The molecule has 0 amide bonds. The number of benzene rings is 10. The van der Waals surface area contributed by atoms with Crippen LogP contribution in [0.15, 0.2) is 231 Å². The van der Waals surface area contributed by atoms with E-state index in [0.717, 1.165) is 22.7 Å². The molecular weight excluding hydrogens is 701 g/mol. The molecule has 0 radical (unpaired) electrons. The molecule has 0 saturated heterocycles. The van der Waals surface area contributed by atoms with Gasteiger partial charge in [-0.05, 0) is 104 Å². The molecule has 10 aromatic carbocycles. The summed E-state index contributed by atoms with van der Waals surface area (Å²) in [6.07, 6.45) is 0. The number of anilines is 3. The molecule has 0 spiro atoms. The minimum Gasteiger partial charge on any atom is -0.310 e. The molecule has 11 rings (SSSR count). The van der Waals surface area contributed by atoms with Crippen LogP contribution in [0.2, 0.25) is 0 Å². The van der Waals surface area contributed by atoms with Crippen molar-refractivity contribution in [3.05, 3.63) is 231 Å². The molecule has 0 bridgehead atoms. The summed E-state index contributed by atoms with van der Waals surface area (Å²) in [6.45, 7) is 0. The molecule has 0 atom stereocenters. The van der Waals surface area contributed by atoms with Gasteiger partial charge in [0.1, 0.15) is 0 Å². The highest BCUT2D eigenvalue weighted by Gasteiger charge is 2.19. The van der Waals surface area contributed by atoms with Crippen molar-refractivity contribution in [3.63, 3.8) is 0 Å². The molecule has 11 aromatic rings. The van der Waals surface area contributed by atoms with Crippen molar-refractivity contribution in [1.29, 1.82) is 0 Å². The minimum absolute atomic E-state index is 1.09. The molecule has 272 valence electrons. The van der Waals surface area contributed by atoms with Gasteiger partial charge in [0.05, 0.1) is 16.7 Å². The van der Waals surface area contributed by atoms with E-state index in [1.54, 1.807) is 0 Å². The van der Waals surface area contributed by atoms with Gasteiger partial charge < -0.3 is 9.47 Å². The summed E-state index contributed by atoms with van der Waals surface area (Å²) in [6, 6.07) is 83.7. The molecule has 0 aliphatic carbocycles. The van der Waals surface area contributed by atoms with Gasteiger partial charge in [0.25, 0.3) is 0 Å². The first-order valence-corrected chi connectivity index (χ1v) is 19.9. The van der Waals surface area contributed by atoms with Crippen LogP contribution >= 0.6 is 0 Å². The molecule has 1 aromatic heterocycles. The third kappa shape index (κ3) is 5.74. The number of aromatic nitrogens is 1. The lowest BCUT2D eigenvalue weighted by Crippen LogP contribution is -2.11. The number of nitrogens with zero attached hydrogens (tertiary/aromatic N) is 2. The Balaban J connectivity index is 1.03. The quantitative estimate of drug-likeness (QED) is 0.158. The molecule has 0 fully saturated rings. The first-order valence-electron chi connectivity index (χ1n) is 19.9. The average Bonchev–Trinajstić information content (AvgIpc) is 3.64. The Hall–Kier alpha value is -7.68. The van der Waals surface area contributed by atoms with Crippen molar-refractivity contribution in [2.75, 3.05) is 4.90 Å². The van der Waals surface area contributed by atoms with Crippen molar-refractivity contribution in [3.8, 4) is 39.1 Å². The third-order valence-corrected chi connectivity index (χ3v) is 11.6. The van der Waals surface area contributed by atoms with Gasteiger partial charge in [-0.1, -0.05) is 176 Å². The number of fused-ring (bicyclic) bond motifs is 5. The van der Waals surface area contributed by atoms with Gasteiger partial charge in [-0.15, -0.1) is 0 Å². The second-order valence-corrected chi connectivity index (χ2v) is 14.9. The summed E-state index contributed by atoms with van der Waals surface area (Å²) >= 11 is 0. The topological polar surface area (TPSA) is 8.17 Å². The van der Waals surface area contributed by atoms with Gasteiger partial charge in [-0.2, -0.15) is 0 Å². The monoisotopic (exact) mass is 738 g/mol. The van der Waals surface area contributed by atoms with E-state index in [0.29, 0.717) is 0 Å². The lowest BCUT2D eigenvalue weighted by Gasteiger charge is -2.28. The summed E-state index contributed by atoms with van der Waals surface area (Å²) in [5.41, 5.74) is 14.0. The highest BCUT2D eigenvalue weighted by atomic mass is 15.1. The van der Waals surface area contributed by atoms with Crippen LogP contribution in [0.3, 0.4) is 0 Å². The summed E-state index contributed by atoms with van der Waals surface area (Å²) < 4.78 is 2.39. The van der Waals surface area contributed by atoms with Crippen LogP contribution in [0.4, 0.5) is 17.1 Å². The predicted molar refractivity (Wildman–Crippen MR) is 247 cm³/mol. The highest BCUT2D eigenvalue weighted by molar-refractivity contribution is 6.09. The maximum Gasteiger partial charge on any atom is 0.0541 e. The third-order valence-electron chi connectivity index (χ3n) is 11.6. The molecule has 2 heteroatoms. The van der Waals surface area contributed by atoms with Gasteiger partial charge in [0.15, 0.2) is 0 Å². The highest BCUT2D eigenvalue weighted by Crippen LogP contribution is 2.44. The number of hydrogen-bond acceptors (Lipinski definition) is 1. The lowest BCUT2D eigenvalue weighted by molar-refractivity contribution is 1.18. The zero-order valence-corrected chi connectivity index (χ0v) is 31.8. The van der Waals surface area contributed by atoms with E-state index in [4.69, 9.17) is 0 Å². The second-order valence-electron chi connectivity index (χ2n) is 14.9. The zero-order chi connectivity index (χ0) is 38.4. The molecule has 0 aliphatic heterocycles. The van der Waals surface area contributed by atoms with Crippen LogP contribution in [0.1, 0.15) is 0 Å². The Bertz CT molecular complexity index is 3220. The van der Waals surface area contributed by atoms with Gasteiger partial charge in [0, 0.05) is 33.4 Å². The summed E-state index contributed by atoms with van der Waals surface area (Å²) in [5, 5.41) is 7.50. The van der Waals surface area contributed by atoms with E-state index < -0.39 is 0 Å². The van der Waals surface area contributed by atoms with Crippen LogP contribution in [0.5, 0.6) is 0 Å². The van der Waals surface area contributed by atoms with Crippen LogP contribution in [0, 0.1) is 0 Å². The van der Waals surface area contributed by atoms with Crippen molar-refractivity contribution in [2.45, 2.75) is 0 Å². The first kappa shape index (κ1) is 33.6. The van der Waals surface area contributed by atoms with E-state index in [-0.39, 0.29) is 0 Å². The predicted octanol–water partition coefficient (Wildman–Crippen LogP) is 15.6. The minimum atomic E-state index is 1.09. The van der Waals surface area contributed by atoms with Gasteiger partial charge in [-0.3, -0.25) is 0 Å². The van der Waals surface area contributed by atoms with Crippen LogP contribution in [-0.2, 0) is 0 Å². The smallest absolute Gasteiger partial charge is 0.0541 e. The van der Waals surface area contributed by atoms with Crippen LogP contribution in [-0.4, -0.2) is 4.57 Å². The largest absolute Gasteiger partial charge is 0.310 e. The molecular formula is C56H38N2. The Kier molecular flexibility index (Phi) is 8.19. The van der Waals surface area contributed by atoms with Crippen LogP contribution < -0.4 is 4.90 Å². The molecule has 0 N–H and O–H groups in total. The SMILES string of the molecule is c1cc(-c2ccc(N(c3ccc(-c4cccc5ccccc45)cc3)c3ccccc3-c3cccc4ccccc34)cc2)cc(-n2c3ccccc3c3ccccc32)c1. The normalized spacial score (nSPS) is 11.4. The van der Waals surface area contributed by atoms with E-state index >= 15 is 0 Å². The summed E-state index contributed by atoms with van der Waals surface area (Å²) in [5.74, 6) is 0. The Labute approximate surface area is 338 Å². The molecule has 2 nitrogen and oxygen atoms in total. The van der Waals surface area contributed by atoms with Gasteiger partial charge in [0.2, 0.25) is 0 Å². The Morgan fingerprint density at radius 3 is 1.41 bits per heavy atom. The van der Waals surface area contributed by atoms with Crippen molar-refractivity contribution >= 4 is 60.4 Å². The van der Waals surface area contributed by atoms with Crippen molar-refractivity contribution in [1.82, 2.24) is 4.57 Å². The lowest BCUT2D eigenvalue weighted by atomic mass is 9.95. The fraction of sp³-hybridized carbons (Fsp3) is 0. The van der Waals surface area contributed by atoms with Crippen molar-refractivity contribution < 1.29 is 0 Å². The number of para-hydroxylation sites is 3. The van der Waals surface area contributed by atoms with E-state index in [2.05, 4.69) is 240 Å². The fourth-order valence-electron chi connectivity index (χ4n) is 8.88. The molecule has 1 heterocycles. The molecule has 0 unspecified atom stereocenters. The summed E-state index contributed by atoms with van der Waals surface area (Å²) in [7, 11) is 0. The molecule has 0 aliphatic rings. The average molecular weight is 739 g/mol. The molecule has 58 heavy (non-hydrogen) atoms. The Morgan fingerprint density at radius 1 is 0.293 bits per heavy atom. The maximum absolute atomic E-state index is 2.41. The first-order chi connectivity index (χ1) is 28.8. The fourth-order valence-corrected chi connectivity index (χ4v) is 8.88. The van der Waals surface area contributed by atoms with Gasteiger partial charge >= 0.3 is 0 Å². The van der Waals surface area contributed by atoms with E-state index in [1.165, 1.54) is 76.7 Å². The summed E-state index contributed by atoms with van der Waals surface area (Å²) in [4.78, 5) is 2.41. The standard InChI is InChI=1S/C56H38N2/c1-3-20-47-40(14-1)16-12-25-48(47)42-32-36-45(37-33-42)57(54-27-8-5-22-51(54)50-26-13-17-41-15-2-4-21-49(41)50)44-34-30-39(31-35-44)43-18-11-19-46(38-43)58-55-28-9-6-23-52(55)53-24-7-10-29-56(53)58/h1-38H. The van der Waals surface area contributed by atoms with E-state index in [9.17, 15) is 0 Å². The second kappa shape index (κ2) is 14.1. The van der Waals surface area contributed by atoms with Crippen LogP contribution in [0.25, 0.3) is 82.4 Å². The number of rotatable bonds is 7. The van der Waals surface area contributed by atoms with Crippen molar-refractivity contribution in [2.24, 2.45) is 0 Å². The zero-order valence-electron chi connectivity index (χ0n) is 31.8.